The van der Waals surface area contributed by atoms with E-state index in [1.54, 1.807) is 19.9 Å². The summed E-state index contributed by atoms with van der Waals surface area (Å²) in [5.74, 6) is -1.35. The summed E-state index contributed by atoms with van der Waals surface area (Å²) < 4.78 is 19.8. The lowest BCUT2D eigenvalue weighted by Gasteiger charge is -2.35. The number of halogens is 1. The van der Waals surface area contributed by atoms with Gasteiger partial charge in [-0.15, -0.1) is 0 Å². The normalized spacial score (nSPS) is 28.1. The van der Waals surface area contributed by atoms with Gasteiger partial charge >= 0.3 is 5.97 Å². The molecule has 3 heterocycles. The second-order valence-corrected chi connectivity index (χ2v) is 8.97. The summed E-state index contributed by atoms with van der Waals surface area (Å²) in [5, 5.41) is 15.2. The van der Waals surface area contributed by atoms with E-state index >= 15 is 0 Å². The lowest BCUT2D eigenvalue weighted by Crippen LogP contribution is -2.49. The lowest BCUT2D eigenvalue weighted by molar-refractivity contribution is -0.163. The SMILES string of the molecule is CC[C@@]1(O)C(=O)OCC2=C1C=C1c3nc4cc(F)c(C)c5c4c(c3NC1C2=O)[C@@H](N)CC5. The molecule has 0 saturated carbocycles. The van der Waals surface area contributed by atoms with E-state index in [1.807, 2.05) is 0 Å². The number of esters is 1. The van der Waals surface area contributed by atoms with Gasteiger partial charge in [0.05, 0.1) is 16.9 Å². The molecule has 164 valence electrons. The largest absolute Gasteiger partial charge is 0.458 e. The Morgan fingerprint density at radius 3 is 2.94 bits per heavy atom. The zero-order valence-corrected chi connectivity index (χ0v) is 17.7. The maximum atomic E-state index is 14.7. The third-order valence-electron chi connectivity index (χ3n) is 7.42. The molecule has 1 aromatic heterocycles. The fraction of sp³-hybridized carbons (Fsp3) is 0.375. The van der Waals surface area contributed by atoms with Crippen LogP contribution in [0.4, 0.5) is 10.1 Å². The van der Waals surface area contributed by atoms with Crippen LogP contribution in [0.3, 0.4) is 0 Å². The first-order valence-electron chi connectivity index (χ1n) is 10.8. The van der Waals surface area contributed by atoms with Crippen LogP contribution in [0.15, 0.2) is 23.3 Å². The lowest BCUT2D eigenvalue weighted by atomic mass is 9.77. The van der Waals surface area contributed by atoms with Crippen molar-refractivity contribution in [3.63, 3.8) is 0 Å². The average Bonchev–Trinajstić information content (AvgIpc) is 3.14. The molecule has 0 fully saturated rings. The Kier molecular flexibility index (Phi) is 3.81. The van der Waals surface area contributed by atoms with Crippen molar-refractivity contribution in [3.8, 4) is 0 Å². The molecule has 0 spiro atoms. The van der Waals surface area contributed by atoms with Crippen LogP contribution >= 0.6 is 0 Å². The van der Waals surface area contributed by atoms with Crippen molar-refractivity contribution in [2.75, 3.05) is 11.9 Å². The summed E-state index contributed by atoms with van der Waals surface area (Å²) >= 11 is 0. The van der Waals surface area contributed by atoms with Crippen molar-refractivity contribution in [3.05, 3.63) is 51.5 Å². The van der Waals surface area contributed by atoms with E-state index in [1.165, 1.54) is 6.07 Å². The maximum Gasteiger partial charge on any atom is 0.343 e. The Morgan fingerprint density at radius 1 is 1.41 bits per heavy atom. The first kappa shape index (κ1) is 19.6. The van der Waals surface area contributed by atoms with Crippen LogP contribution < -0.4 is 11.1 Å². The summed E-state index contributed by atoms with van der Waals surface area (Å²) in [5.41, 5.74) is 9.76. The van der Waals surface area contributed by atoms with E-state index < -0.39 is 17.6 Å². The van der Waals surface area contributed by atoms with Gasteiger partial charge < -0.3 is 20.9 Å². The molecule has 4 N–H and O–H groups in total. The van der Waals surface area contributed by atoms with Gasteiger partial charge in [0.15, 0.2) is 11.4 Å². The molecule has 1 aromatic carbocycles. The Morgan fingerprint density at radius 2 is 2.19 bits per heavy atom. The number of carbonyl (C=O) groups excluding carboxylic acids is 2. The molecule has 2 aliphatic carbocycles. The number of nitrogens with two attached hydrogens (primary N) is 1. The number of cyclic esters (lactones) is 1. The van der Waals surface area contributed by atoms with Crippen LogP contribution in [0, 0.1) is 12.7 Å². The minimum absolute atomic E-state index is 0.0712. The molecule has 4 aliphatic rings. The number of hydrogen-bond donors (Lipinski definition) is 3. The summed E-state index contributed by atoms with van der Waals surface area (Å²) in [6.07, 6.45) is 3.07. The van der Waals surface area contributed by atoms with Crippen LogP contribution in [0.5, 0.6) is 0 Å². The zero-order valence-electron chi connectivity index (χ0n) is 17.7. The fourth-order valence-electron chi connectivity index (χ4n) is 5.57. The van der Waals surface area contributed by atoms with Gasteiger partial charge in [-0.1, -0.05) is 6.92 Å². The fourth-order valence-corrected chi connectivity index (χ4v) is 5.57. The molecule has 0 saturated heterocycles. The monoisotopic (exact) mass is 435 g/mol. The molecule has 0 bridgehead atoms. The van der Waals surface area contributed by atoms with Gasteiger partial charge in [-0.05, 0) is 43.4 Å². The summed E-state index contributed by atoms with van der Waals surface area (Å²) in [6, 6.07) is 0.417. The number of pyridine rings is 1. The van der Waals surface area contributed by atoms with E-state index in [-0.39, 0.29) is 41.8 Å². The number of ether oxygens (including phenoxy) is 1. The standard InChI is InChI=1S/C24H22FN3O4/c1-3-24(31)13-6-11-19-21(28-20(11)22(29)12(13)8-32-23(24)30)18-15(26)5-4-10-9(2)14(25)7-16(27-19)17(10)18/h6-7,15,20,28,31H,3-5,8,26H2,1-2H3/t15-,20?,24-/m0/s1. The Hall–Kier alpha value is -3.10. The molecule has 2 aromatic rings. The topological polar surface area (TPSA) is 115 Å². The van der Waals surface area contributed by atoms with E-state index in [0.717, 1.165) is 16.5 Å². The Balaban J connectivity index is 1.64. The minimum atomic E-state index is -1.89. The van der Waals surface area contributed by atoms with E-state index in [2.05, 4.69) is 5.32 Å². The Labute approximate surface area is 183 Å². The number of rotatable bonds is 1. The molecule has 0 amide bonds. The number of anilines is 1. The first-order chi connectivity index (χ1) is 15.3. The van der Waals surface area contributed by atoms with Crippen LogP contribution in [0.1, 0.15) is 48.2 Å². The van der Waals surface area contributed by atoms with Crippen molar-refractivity contribution in [1.29, 1.82) is 0 Å². The third kappa shape index (κ3) is 2.23. The quantitative estimate of drug-likeness (QED) is 0.589. The van der Waals surface area contributed by atoms with Gasteiger partial charge in [-0.2, -0.15) is 0 Å². The van der Waals surface area contributed by atoms with Gasteiger partial charge in [-0.25, -0.2) is 14.2 Å². The summed E-state index contributed by atoms with van der Waals surface area (Å²) in [7, 11) is 0. The molecule has 3 atom stereocenters. The molecule has 8 heteroatoms. The highest BCUT2D eigenvalue weighted by molar-refractivity contribution is 6.18. The number of Topliss-reactive ketones (excluding diaryl/α,β-unsaturated/α-hetero) is 1. The molecule has 2 aliphatic heterocycles. The summed E-state index contributed by atoms with van der Waals surface area (Å²) in [6.45, 7) is 3.25. The van der Waals surface area contributed by atoms with Crippen molar-refractivity contribution in [1.82, 2.24) is 4.98 Å². The number of benzene rings is 1. The molecule has 7 nitrogen and oxygen atoms in total. The molecule has 32 heavy (non-hydrogen) atoms. The second-order valence-electron chi connectivity index (χ2n) is 8.97. The van der Waals surface area contributed by atoms with Crippen molar-refractivity contribution >= 4 is 33.9 Å². The van der Waals surface area contributed by atoms with Crippen LogP contribution in [0.2, 0.25) is 0 Å². The predicted octanol–water partition coefficient (Wildman–Crippen LogP) is 2.38. The molecule has 6 rings (SSSR count). The number of aryl methyl sites for hydroxylation is 1. The summed E-state index contributed by atoms with van der Waals surface area (Å²) in [4.78, 5) is 30.5. The van der Waals surface area contributed by atoms with Crippen molar-refractivity contribution in [2.45, 2.75) is 50.8 Å². The van der Waals surface area contributed by atoms with Gasteiger partial charge in [-0.3, -0.25) is 4.79 Å². The van der Waals surface area contributed by atoms with Crippen molar-refractivity contribution < 1.29 is 23.8 Å². The highest BCUT2D eigenvalue weighted by atomic mass is 19.1. The highest BCUT2D eigenvalue weighted by Crippen LogP contribution is 2.49. The van der Waals surface area contributed by atoms with E-state index in [9.17, 15) is 19.1 Å². The first-order valence-corrected chi connectivity index (χ1v) is 10.8. The Bertz CT molecular complexity index is 1340. The van der Waals surface area contributed by atoms with Gasteiger partial charge in [0.25, 0.3) is 0 Å². The molecule has 1 unspecified atom stereocenters. The number of ketones is 1. The number of hydrogen-bond acceptors (Lipinski definition) is 7. The average molecular weight is 435 g/mol. The van der Waals surface area contributed by atoms with Crippen molar-refractivity contribution in [2.24, 2.45) is 5.73 Å². The number of carbonyl (C=O) groups is 2. The predicted molar refractivity (Wildman–Crippen MR) is 115 cm³/mol. The number of fused-ring (bicyclic) bond motifs is 4. The van der Waals surface area contributed by atoms with Crippen LogP contribution in [0.25, 0.3) is 16.5 Å². The molecular weight excluding hydrogens is 413 g/mol. The van der Waals surface area contributed by atoms with Gasteiger partial charge in [0, 0.05) is 39.8 Å². The van der Waals surface area contributed by atoms with Crippen LogP contribution in [-0.2, 0) is 20.7 Å². The highest BCUT2D eigenvalue weighted by Gasteiger charge is 2.50. The number of nitrogens with one attached hydrogen (secondary N) is 1. The molecular formula is C24H22FN3O4. The number of nitrogens with zero attached hydrogens (tertiary/aromatic N) is 1. The smallest absolute Gasteiger partial charge is 0.343 e. The zero-order chi connectivity index (χ0) is 22.5. The van der Waals surface area contributed by atoms with E-state index in [4.69, 9.17) is 15.5 Å². The van der Waals surface area contributed by atoms with Gasteiger partial charge in [0.2, 0.25) is 0 Å². The third-order valence-corrected chi connectivity index (χ3v) is 7.42. The number of aliphatic hydroxyl groups is 1. The van der Waals surface area contributed by atoms with Gasteiger partial charge in [0.1, 0.15) is 18.5 Å². The second kappa shape index (κ2) is 6.24. The maximum absolute atomic E-state index is 14.7. The molecule has 0 radical (unpaired) electrons. The minimum Gasteiger partial charge on any atom is -0.458 e. The van der Waals surface area contributed by atoms with Crippen LogP contribution in [-0.4, -0.2) is 40.1 Å². The van der Waals surface area contributed by atoms with E-state index in [0.29, 0.717) is 40.9 Å². The number of aromatic nitrogens is 1.